The first-order valence-electron chi connectivity index (χ1n) is 26.7. The molecule has 9 N–H and O–H groups in total. The van der Waals surface area contributed by atoms with Gasteiger partial charge < -0.3 is 65.1 Å². The van der Waals surface area contributed by atoms with Crippen LogP contribution in [-0.4, -0.2) is 140 Å². The largest absolute Gasteiger partial charge is 0.394 e. The van der Waals surface area contributed by atoms with E-state index < -0.39 is 86.8 Å². The van der Waals surface area contributed by atoms with E-state index in [0.29, 0.717) is 6.42 Å². The predicted molar refractivity (Wildman–Crippen MR) is 263 cm³/mol. The molecule has 12 unspecified atom stereocenters. The molecule has 2 aliphatic heterocycles. The van der Waals surface area contributed by atoms with E-state index in [1.54, 1.807) is 6.08 Å². The van der Waals surface area contributed by atoms with Crippen LogP contribution < -0.4 is 5.32 Å². The fourth-order valence-electron chi connectivity index (χ4n) is 8.67. The van der Waals surface area contributed by atoms with E-state index in [-0.39, 0.29) is 18.9 Å². The normalized spacial score (nSPS) is 26.8. The molecule has 0 radical (unpaired) electrons. The van der Waals surface area contributed by atoms with Crippen molar-refractivity contribution in [3.05, 3.63) is 36.5 Å². The minimum atomic E-state index is -1.79. The number of unbranched alkanes of at least 4 members (excludes halogenated alkanes) is 24. The predicted octanol–water partition coefficient (Wildman–Crippen LogP) is 7.49. The first-order valence-corrected chi connectivity index (χ1v) is 26.7. The Labute approximate surface area is 404 Å². The summed E-state index contributed by atoms with van der Waals surface area (Å²) in [5.74, 6) is -0.254. The fraction of sp³-hybridized carbons (Fsp3) is 0.868. The van der Waals surface area contributed by atoms with E-state index in [1.165, 1.54) is 109 Å². The van der Waals surface area contributed by atoms with Crippen molar-refractivity contribution in [3.8, 4) is 0 Å². The number of ether oxygens (including phenoxy) is 4. The number of carbonyl (C=O) groups is 1. The Morgan fingerprint density at radius 1 is 0.537 bits per heavy atom. The van der Waals surface area contributed by atoms with Gasteiger partial charge in [-0.2, -0.15) is 0 Å². The number of aliphatic hydroxyl groups excluding tert-OH is 8. The molecular weight excluding hydrogens is 859 g/mol. The number of rotatable bonds is 41. The Balaban J connectivity index is 1.84. The van der Waals surface area contributed by atoms with Crippen molar-refractivity contribution in [2.24, 2.45) is 0 Å². The van der Waals surface area contributed by atoms with Crippen molar-refractivity contribution in [2.45, 2.75) is 274 Å². The average Bonchev–Trinajstić information content (AvgIpc) is 3.32. The topological polar surface area (TPSA) is 228 Å². The maximum Gasteiger partial charge on any atom is 0.220 e. The second-order valence-electron chi connectivity index (χ2n) is 19.0. The number of carbonyl (C=O) groups excluding carboxylic acids is 1. The molecule has 0 aliphatic carbocycles. The van der Waals surface area contributed by atoms with Gasteiger partial charge >= 0.3 is 0 Å². The maximum absolute atomic E-state index is 13.2. The summed E-state index contributed by atoms with van der Waals surface area (Å²) in [6.07, 6.45) is 28.9. The average molecular weight is 956 g/mol. The van der Waals surface area contributed by atoms with Gasteiger partial charge in [-0.3, -0.25) is 4.79 Å². The summed E-state index contributed by atoms with van der Waals surface area (Å²) in [5, 5.41) is 86.8. The molecule has 1 amide bonds. The van der Waals surface area contributed by atoms with E-state index in [0.717, 1.165) is 64.2 Å². The zero-order chi connectivity index (χ0) is 48.9. The van der Waals surface area contributed by atoms with Crippen molar-refractivity contribution in [3.63, 3.8) is 0 Å². The minimum Gasteiger partial charge on any atom is -0.394 e. The highest BCUT2D eigenvalue weighted by molar-refractivity contribution is 5.76. The van der Waals surface area contributed by atoms with Gasteiger partial charge in [0.2, 0.25) is 5.91 Å². The molecule has 2 rings (SSSR count). The van der Waals surface area contributed by atoms with E-state index in [1.807, 2.05) is 6.08 Å². The van der Waals surface area contributed by atoms with Crippen LogP contribution in [0.2, 0.25) is 0 Å². The van der Waals surface area contributed by atoms with Crippen molar-refractivity contribution in [1.82, 2.24) is 5.32 Å². The summed E-state index contributed by atoms with van der Waals surface area (Å²) in [7, 11) is 0. The molecule has 2 aliphatic rings. The summed E-state index contributed by atoms with van der Waals surface area (Å²) < 4.78 is 22.7. The summed E-state index contributed by atoms with van der Waals surface area (Å²) in [6, 6.07) is -0.920. The van der Waals surface area contributed by atoms with Crippen LogP contribution in [0.1, 0.15) is 200 Å². The number of allylic oxidation sites excluding steroid dienone is 5. The molecule has 2 fully saturated rings. The molecule has 0 aromatic heterocycles. The lowest BCUT2D eigenvalue weighted by Crippen LogP contribution is -2.65. The fourth-order valence-corrected chi connectivity index (χ4v) is 8.67. The Morgan fingerprint density at radius 3 is 1.51 bits per heavy atom. The lowest BCUT2D eigenvalue weighted by molar-refractivity contribution is -0.359. The quantitative estimate of drug-likeness (QED) is 0.0214. The molecule has 14 nitrogen and oxygen atoms in total. The number of nitrogens with one attached hydrogen (secondary N) is 1. The molecule has 392 valence electrons. The molecule has 2 heterocycles. The Morgan fingerprint density at radius 2 is 0.985 bits per heavy atom. The second kappa shape index (κ2) is 39.9. The lowest BCUT2D eigenvalue weighted by Gasteiger charge is -2.46. The summed E-state index contributed by atoms with van der Waals surface area (Å²) in [5.41, 5.74) is 0. The molecule has 0 spiro atoms. The molecule has 12 atom stereocenters. The molecule has 14 heteroatoms. The van der Waals surface area contributed by atoms with Gasteiger partial charge in [0.25, 0.3) is 0 Å². The van der Waals surface area contributed by atoms with Gasteiger partial charge in [-0.1, -0.05) is 179 Å². The molecule has 0 aromatic carbocycles. The van der Waals surface area contributed by atoms with Gasteiger partial charge in [0.15, 0.2) is 12.6 Å². The van der Waals surface area contributed by atoms with Gasteiger partial charge in [0.1, 0.15) is 48.8 Å². The second-order valence-corrected chi connectivity index (χ2v) is 19.0. The smallest absolute Gasteiger partial charge is 0.220 e. The standard InChI is InChI=1S/C53H97NO13/c1-3-5-7-9-11-13-15-17-19-21-22-24-26-28-30-32-34-36-42(57)41(54-45(58)37-35-33-31-29-27-25-23-20-18-16-14-12-10-8-6-4-2)40-64-52-50(63)48(61)51(44(39-56)66-52)67-53-49(62)47(60)46(59)43(38-55)65-53/h14,16,20,23,34,36,41-44,46-53,55-57,59-63H,3-13,15,17-19,21-22,24-33,35,37-40H2,1-2H3,(H,54,58)/b16-14-,23-20-,36-34+. The highest BCUT2D eigenvalue weighted by Crippen LogP contribution is 2.30. The van der Waals surface area contributed by atoms with Crippen molar-refractivity contribution in [2.75, 3.05) is 19.8 Å². The van der Waals surface area contributed by atoms with E-state index in [9.17, 15) is 45.6 Å². The summed E-state index contributed by atoms with van der Waals surface area (Å²) >= 11 is 0. The van der Waals surface area contributed by atoms with Crippen LogP contribution in [-0.2, 0) is 23.7 Å². The SMILES string of the molecule is CCCCCC/C=C\C/C=C\CCCCCCCC(=O)NC(COC1OC(CO)C(OC2OC(CO)C(O)C(O)C2O)C(O)C1O)C(O)/C=C/CCCCCCCCCCCCCCCCC. The Bertz CT molecular complexity index is 1270. The van der Waals surface area contributed by atoms with Crippen LogP contribution >= 0.6 is 0 Å². The van der Waals surface area contributed by atoms with Crippen molar-refractivity contribution >= 4 is 5.91 Å². The Hall–Kier alpha value is -1.79. The van der Waals surface area contributed by atoms with E-state index in [4.69, 9.17) is 18.9 Å². The molecule has 2 saturated heterocycles. The minimum absolute atomic E-state index is 0.254. The zero-order valence-corrected chi connectivity index (χ0v) is 41.6. The highest BCUT2D eigenvalue weighted by atomic mass is 16.7. The lowest BCUT2D eigenvalue weighted by atomic mass is 9.97. The van der Waals surface area contributed by atoms with Crippen LogP contribution in [0.25, 0.3) is 0 Å². The molecular formula is C53H97NO13. The number of hydrogen-bond donors (Lipinski definition) is 9. The molecule has 67 heavy (non-hydrogen) atoms. The van der Waals surface area contributed by atoms with Crippen LogP contribution in [0, 0.1) is 0 Å². The monoisotopic (exact) mass is 956 g/mol. The number of amides is 1. The Kier molecular flexibility index (Phi) is 36.5. The number of aliphatic hydroxyl groups is 8. The van der Waals surface area contributed by atoms with Gasteiger partial charge in [-0.15, -0.1) is 0 Å². The van der Waals surface area contributed by atoms with Gasteiger partial charge in [0, 0.05) is 6.42 Å². The van der Waals surface area contributed by atoms with Gasteiger partial charge in [-0.05, 0) is 51.4 Å². The third kappa shape index (κ3) is 26.8. The first kappa shape index (κ1) is 61.3. The molecule has 0 bridgehead atoms. The maximum atomic E-state index is 13.2. The van der Waals surface area contributed by atoms with Crippen molar-refractivity contribution in [1.29, 1.82) is 0 Å². The number of hydrogen-bond acceptors (Lipinski definition) is 13. The highest BCUT2D eigenvalue weighted by Gasteiger charge is 2.51. The third-order valence-electron chi connectivity index (χ3n) is 13.1. The summed E-state index contributed by atoms with van der Waals surface area (Å²) in [4.78, 5) is 13.2. The molecule has 0 aromatic rings. The van der Waals surface area contributed by atoms with Crippen LogP contribution in [0.5, 0.6) is 0 Å². The summed E-state index contributed by atoms with van der Waals surface area (Å²) in [6.45, 7) is 2.76. The zero-order valence-electron chi connectivity index (χ0n) is 41.6. The van der Waals surface area contributed by atoms with Crippen LogP contribution in [0.4, 0.5) is 0 Å². The van der Waals surface area contributed by atoms with E-state index >= 15 is 0 Å². The van der Waals surface area contributed by atoms with Gasteiger partial charge in [0.05, 0.1) is 32.0 Å². The van der Waals surface area contributed by atoms with Crippen molar-refractivity contribution < 1.29 is 64.6 Å². The van der Waals surface area contributed by atoms with Crippen LogP contribution in [0.15, 0.2) is 36.5 Å². The third-order valence-corrected chi connectivity index (χ3v) is 13.1. The van der Waals surface area contributed by atoms with E-state index in [2.05, 4.69) is 43.5 Å². The van der Waals surface area contributed by atoms with Crippen LogP contribution in [0.3, 0.4) is 0 Å². The van der Waals surface area contributed by atoms with Gasteiger partial charge in [-0.25, -0.2) is 0 Å². The molecule has 0 saturated carbocycles. The first-order chi connectivity index (χ1) is 32.6.